The number of nitrogens with one attached hydrogen (secondary N) is 4. The third kappa shape index (κ3) is 29.6. The number of hydrogen-bond donors (Lipinski definition) is 5. The van der Waals surface area contributed by atoms with Gasteiger partial charge in [0, 0.05) is 32.4 Å². The molecule has 0 saturated carbocycles. The van der Waals surface area contributed by atoms with Crippen LogP contribution in [0.1, 0.15) is 134 Å². The van der Waals surface area contributed by atoms with Crippen molar-refractivity contribution in [1.82, 2.24) is 21.3 Å². The summed E-state index contributed by atoms with van der Waals surface area (Å²) in [5.74, 6) is -3.31. The van der Waals surface area contributed by atoms with Crippen molar-refractivity contribution in [2.75, 3.05) is 45.4 Å². The molecule has 2 atom stereocenters. The minimum Gasteiger partial charge on any atom is -0.461 e. The Kier molecular flexibility index (Phi) is 31.4. The van der Waals surface area contributed by atoms with Crippen LogP contribution in [0.5, 0.6) is 0 Å². The van der Waals surface area contributed by atoms with Crippen LogP contribution in [-0.4, -0.2) is 98.5 Å². The van der Waals surface area contributed by atoms with E-state index in [-0.39, 0.29) is 89.1 Å². The predicted molar refractivity (Wildman–Crippen MR) is 252 cm³/mol. The lowest BCUT2D eigenvalue weighted by molar-refractivity contribution is -0.149. The van der Waals surface area contributed by atoms with Gasteiger partial charge in [-0.05, 0) is 37.3 Å². The van der Waals surface area contributed by atoms with Gasteiger partial charge in [0.05, 0.1) is 19.1 Å². The molecule has 17 heteroatoms. The minimum atomic E-state index is -1.61. The van der Waals surface area contributed by atoms with E-state index in [1.807, 2.05) is 60.7 Å². The summed E-state index contributed by atoms with van der Waals surface area (Å²) >= 11 is 5.48. The number of alkyl halides is 1. The van der Waals surface area contributed by atoms with Gasteiger partial charge in [0.1, 0.15) is 38.1 Å². The van der Waals surface area contributed by atoms with E-state index >= 15 is 0 Å². The highest BCUT2D eigenvalue weighted by Crippen LogP contribution is 2.15. The number of esters is 2. The van der Waals surface area contributed by atoms with Crippen molar-refractivity contribution >= 4 is 53.0 Å². The fraction of sp³-hybridized carbons (Fsp3) is 0.612. The Hall–Kier alpha value is -4.90. The normalized spacial score (nSPS) is 12.3. The zero-order valence-electron chi connectivity index (χ0n) is 38.9. The van der Waals surface area contributed by atoms with E-state index in [1.165, 1.54) is 51.9 Å². The second kappa shape index (κ2) is 36.2. The van der Waals surface area contributed by atoms with Gasteiger partial charge in [-0.3, -0.25) is 28.8 Å². The van der Waals surface area contributed by atoms with E-state index in [4.69, 9.17) is 36.3 Å². The van der Waals surface area contributed by atoms with Gasteiger partial charge in [-0.15, -0.1) is 11.6 Å². The summed E-state index contributed by atoms with van der Waals surface area (Å²) in [7, 11) is 0. The molecule has 0 radical (unpaired) electrons. The average molecular weight is 945 g/mol. The molecule has 6 N–H and O–H groups in total. The molecule has 2 aromatic carbocycles. The van der Waals surface area contributed by atoms with Crippen molar-refractivity contribution in [2.24, 2.45) is 5.73 Å². The second-order valence-corrected chi connectivity index (χ2v) is 16.7. The monoisotopic (exact) mass is 944 g/mol. The minimum absolute atomic E-state index is 0.0199. The van der Waals surface area contributed by atoms with Crippen molar-refractivity contribution in [3.63, 3.8) is 0 Å². The summed E-state index contributed by atoms with van der Waals surface area (Å²) in [5, 5.41) is 10.3. The summed E-state index contributed by atoms with van der Waals surface area (Å²) in [6.45, 7) is 1.34. The predicted octanol–water partition coefficient (Wildman–Crippen LogP) is 5.84. The molecule has 0 bridgehead atoms. The third-order valence-corrected chi connectivity index (χ3v) is 10.7. The Morgan fingerprint density at radius 2 is 1.03 bits per heavy atom. The van der Waals surface area contributed by atoms with Crippen molar-refractivity contribution in [3.8, 4) is 0 Å². The summed E-state index contributed by atoms with van der Waals surface area (Å²) in [5.41, 5.74) is 5.91. The van der Waals surface area contributed by atoms with Crippen molar-refractivity contribution < 1.29 is 52.5 Å². The zero-order chi connectivity index (χ0) is 48.1. The van der Waals surface area contributed by atoms with Crippen LogP contribution in [0.15, 0.2) is 60.7 Å². The number of rotatable bonds is 39. The molecule has 4 amide bonds. The van der Waals surface area contributed by atoms with E-state index in [0.29, 0.717) is 19.4 Å². The number of hydrogen-bond acceptors (Lipinski definition) is 12. The van der Waals surface area contributed by atoms with Crippen LogP contribution < -0.4 is 27.0 Å². The molecule has 0 aliphatic carbocycles. The van der Waals surface area contributed by atoms with E-state index < -0.39 is 35.3 Å². The SMILES string of the molecule is CC(N)(NC(=O)COCCNC(=O)COCCNC(=O)CC[C@H](NC(=O)CCCCCCCCCCCCCCCCC(=O)OCc1ccccc1)C(=O)OCc1ccccc1)C(=O)CCl. The molecule has 0 heterocycles. The van der Waals surface area contributed by atoms with Crippen molar-refractivity contribution in [1.29, 1.82) is 0 Å². The van der Waals surface area contributed by atoms with Gasteiger partial charge in [-0.25, -0.2) is 4.79 Å². The first-order valence-electron chi connectivity index (χ1n) is 23.5. The van der Waals surface area contributed by atoms with Gasteiger partial charge in [-0.2, -0.15) is 0 Å². The molecule has 0 aromatic heterocycles. The van der Waals surface area contributed by atoms with Crippen LogP contribution in [0.4, 0.5) is 0 Å². The quantitative estimate of drug-likeness (QED) is 0.0230. The molecular weight excluding hydrogens is 870 g/mol. The number of halogens is 1. The van der Waals surface area contributed by atoms with E-state index in [9.17, 15) is 33.6 Å². The zero-order valence-corrected chi connectivity index (χ0v) is 39.6. The lowest BCUT2D eigenvalue weighted by atomic mass is 10.0. The Bertz CT molecular complexity index is 1700. The fourth-order valence-electron chi connectivity index (χ4n) is 6.64. The van der Waals surface area contributed by atoms with Crippen molar-refractivity contribution in [2.45, 2.75) is 147 Å². The highest BCUT2D eigenvalue weighted by molar-refractivity contribution is 6.29. The molecule has 66 heavy (non-hydrogen) atoms. The number of ketones is 1. The van der Waals surface area contributed by atoms with Crippen LogP contribution in [0, 0.1) is 0 Å². The number of nitrogens with two attached hydrogens (primary N) is 1. The molecule has 0 aliphatic heterocycles. The largest absolute Gasteiger partial charge is 0.461 e. The van der Waals surface area contributed by atoms with Gasteiger partial charge in [0.15, 0.2) is 5.78 Å². The smallest absolute Gasteiger partial charge is 0.328 e. The van der Waals surface area contributed by atoms with Crippen LogP contribution in [0.25, 0.3) is 0 Å². The Morgan fingerprint density at radius 1 is 0.576 bits per heavy atom. The first-order chi connectivity index (χ1) is 31.9. The maximum absolute atomic E-state index is 13.1. The third-order valence-electron chi connectivity index (χ3n) is 10.5. The summed E-state index contributed by atoms with van der Waals surface area (Å²) in [4.78, 5) is 86.1. The Balaban J connectivity index is 1.52. The summed E-state index contributed by atoms with van der Waals surface area (Å²) < 4.78 is 21.3. The Labute approximate surface area is 395 Å². The lowest BCUT2D eigenvalue weighted by Crippen LogP contribution is -2.60. The van der Waals surface area contributed by atoms with Gasteiger partial charge < -0.3 is 45.9 Å². The first kappa shape index (κ1) is 57.2. The summed E-state index contributed by atoms with van der Waals surface area (Å²) in [6.07, 6.45) is 16.1. The first-order valence-corrected chi connectivity index (χ1v) is 24.0. The van der Waals surface area contributed by atoms with Crippen LogP contribution in [0.3, 0.4) is 0 Å². The fourth-order valence-corrected chi connectivity index (χ4v) is 6.91. The number of Topliss-reactive ketones (excluding diaryl/α,β-unsaturated/α-hetero) is 1. The van der Waals surface area contributed by atoms with Gasteiger partial charge in [0.25, 0.3) is 0 Å². The number of carbonyl (C=O) groups is 7. The van der Waals surface area contributed by atoms with Gasteiger partial charge in [0.2, 0.25) is 23.6 Å². The molecule has 1 unspecified atom stereocenters. The van der Waals surface area contributed by atoms with Crippen LogP contribution in [-0.2, 0) is 65.7 Å². The Morgan fingerprint density at radius 3 is 1.55 bits per heavy atom. The highest BCUT2D eigenvalue weighted by atomic mass is 35.5. The van der Waals surface area contributed by atoms with E-state index in [0.717, 1.165) is 49.7 Å². The topological polar surface area (TPSA) is 231 Å². The average Bonchev–Trinajstić information content (AvgIpc) is 3.31. The molecule has 0 fully saturated rings. The maximum atomic E-state index is 13.1. The molecule has 16 nitrogen and oxygen atoms in total. The lowest BCUT2D eigenvalue weighted by Gasteiger charge is -2.23. The van der Waals surface area contributed by atoms with Crippen molar-refractivity contribution in [3.05, 3.63) is 71.8 Å². The maximum Gasteiger partial charge on any atom is 0.328 e. The second-order valence-electron chi connectivity index (χ2n) is 16.5. The van der Waals surface area contributed by atoms with Crippen LogP contribution >= 0.6 is 11.6 Å². The molecule has 0 saturated heterocycles. The molecule has 2 rings (SSSR count). The molecular formula is C49H74ClN5O11. The molecule has 368 valence electrons. The molecule has 0 spiro atoms. The molecule has 2 aromatic rings. The standard InChI is InChI=1S/C49H74ClN5O11/c1-49(51,42(56)34-50)55-46(60)38-64-33-31-53-45(59)37-63-32-30-52-43(57)29-28-41(48(62)66-36-40-24-18-15-19-25-40)54-44(58)26-20-12-10-8-6-4-2-3-5-7-9-11-13-21-27-47(61)65-35-39-22-16-14-17-23-39/h14-19,22-25,41H,2-13,20-21,26-38,51H2,1H3,(H,52,57)(H,53,59)(H,54,58)(H,55,60)/t41-,49?/m0/s1. The van der Waals surface area contributed by atoms with Gasteiger partial charge in [-0.1, -0.05) is 138 Å². The van der Waals surface area contributed by atoms with Gasteiger partial charge >= 0.3 is 11.9 Å². The summed E-state index contributed by atoms with van der Waals surface area (Å²) in [6, 6.07) is 17.9. The molecule has 0 aliphatic rings. The highest BCUT2D eigenvalue weighted by Gasteiger charge is 2.29. The number of amides is 4. The number of carbonyl (C=O) groups excluding carboxylic acids is 7. The van der Waals surface area contributed by atoms with E-state index in [2.05, 4.69) is 21.3 Å². The van der Waals surface area contributed by atoms with E-state index in [1.54, 1.807) is 0 Å². The number of ether oxygens (including phenoxy) is 4. The number of benzene rings is 2. The number of unbranched alkanes of at least 4 members (excludes halogenated alkanes) is 13. The van der Waals surface area contributed by atoms with Crippen LogP contribution in [0.2, 0.25) is 0 Å².